The number of benzene rings is 1. The van der Waals surface area contributed by atoms with Crippen molar-refractivity contribution in [2.45, 2.75) is 26.2 Å². The number of nitrogens with zero attached hydrogens (tertiary/aromatic N) is 1. The van der Waals surface area contributed by atoms with Gasteiger partial charge in [-0.05, 0) is 37.3 Å². The fraction of sp³-hybridized carbons (Fsp3) is 0.467. The molecule has 0 bridgehead atoms. The van der Waals surface area contributed by atoms with E-state index in [1.807, 2.05) is 36.1 Å². The van der Waals surface area contributed by atoms with Crippen LogP contribution in [0, 0.1) is 12.8 Å². The number of carbonyl (C=O) groups excluding carboxylic acids is 1. The fourth-order valence-corrected chi connectivity index (χ4v) is 2.56. The highest BCUT2D eigenvalue weighted by molar-refractivity contribution is 5.95. The minimum atomic E-state index is -0.760. The Hall–Kier alpha value is -1.84. The molecule has 4 heteroatoms. The lowest BCUT2D eigenvalue weighted by atomic mass is 10.0. The predicted octanol–water partition coefficient (Wildman–Crippen LogP) is 2.32. The van der Waals surface area contributed by atoms with Gasteiger partial charge in [-0.25, -0.2) is 0 Å². The lowest BCUT2D eigenvalue weighted by Crippen LogP contribution is -2.29. The Morgan fingerprint density at radius 2 is 2.11 bits per heavy atom. The van der Waals surface area contributed by atoms with Crippen molar-refractivity contribution in [1.29, 1.82) is 0 Å². The van der Waals surface area contributed by atoms with Crippen LogP contribution in [-0.2, 0) is 4.79 Å². The molecule has 2 rings (SSSR count). The molecular weight excluding hydrogens is 242 g/mol. The molecule has 1 heterocycles. The van der Waals surface area contributed by atoms with E-state index in [9.17, 15) is 9.59 Å². The maximum absolute atomic E-state index is 12.4. The highest BCUT2D eigenvalue weighted by Gasteiger charge is 2.27. The van der Waals surface area contributed by atoms with Crippen LogP contribution < -0.4 is 0 Å². The molecule has 0 aromatic heterocycles. The molecule has 1 N–H and O–H groups in total. The Bertz CT molecular complexity index is 484. The van der Waals surface area contributed by atoms with Crippen LogP contribution in [0.2, 0.25) is 0 Å². The van der Waals surface area contributed by atoms with Gasteiger partial charge < -0.3 is 10.0 Å². The normalized spacial score (nSPS) is 18.6. The molecule has 0 spiro atoms. The molecule has 1 aliphatic heterocycles. The van der Waals surface area contributed by atoms with Crippen LogP contribution >= 0.6 is 0 Å². The van der Waals surface area contributed by atoms with Gasteiger partial charge in [0.15, 0.2) is 0 Å². The Morgan fingerprint density at radius 3 is 2.79 bits per heavy atom. The van der Waals surface area contributed by atoms with E-state index in [0.717, 1.165) is 24.1 Å². The van der Waals surface area contributed by atoms with E-state index < -0.39 is 5.97 Å². The molecular formula is C15H19NO3. The Labute approximate surface area is 113 Å². The third-order valence-corrected chi connectivity index (χ3v) is 3.71. The van der Waals surface area contributed by atoms with Crippen LogP contribution in [0.25, 0.3) is 0 Å². The quantitative estimate of drug-likeness (QED) is 0.905. The average Bonchev–Trinajstić information content (AvgIpc) is 2.85. The van der Waals surface area contributed by atoms with Crippen molar-refractivity contribution in [2.24, 2.45) is 5.92 Å². The lowest BCUT2D eigenvalue weighted by Gasteiger charge is -2.17. The number of hydrogen-bond donors (Lipinski definition) is 1. The molecule has 1 aliphatic rings. The minimum Gasteiger partial charge on any atom is -0.481 e. The van der Waals surface area contributed by atoms with Gasteiger partial charge in [0.05, 0.1) is 0 Å². The molecule has 1 fully saturated rings. The van der Waals surface area contributed by atoms with Crippen LogP contribution in [0.1, 0.15) is 35.2 Å². The molecule has 4 nitrogen and oxygen atoms in total. The van der Waals surface area contributed by atoms with Gasteiger partial charge in [-0.2, -0.15) is 0 Å². The molecule has 0 radical (unpaired) electrons. The zero-order chi connectivity index (χ0) is 13.8. The number of likely N-dealkylation sites (tertiary alicyclic amines) is 1. The molecule has 19 heavy (non-hydrogen) atoms. The second-order valence-electron chi connectivity index (χ2n) is 5.15. The number of carbonyl (C=O) groups is 2. The molecule has 102 valence electrons. The largest absolute Gasteiger partial charge is 0.481 e. The molecule has 0 saturated carbocycles. The monoisotopic (exact) mass is 261 g/mol. The highest BCUT2D eigenvalue weighted by atomic mass is 16.4. The smallest absolute Gasteiger partial charge is 0.303 e. The molecule has 1 amide bonds. The first-order valence-corrected chi connectivity index (χ1v) is 6.64. The topological polar surface area (TPSA) is 57.6 Å². The summed E-state index contributed by atoms with van der Waals surface area (Å²) in [7, 11) is 0. The Balaban J connectivity index is 1.95. The van der Waals surface area contributed by atoms with Crippen molar-refractivity contribution >= 4 is 11.9 Å². The zero-order valence-corrected chi connectivity index (χ0v) is 11.1. The van der Waals surface area contributed by atoms with Gasteiger partial charge in [0.1, 0.15) is 0 Å². The van der Waals surface area contributed by atoms with Crippen molar-refractivity contribution < 1.29 is 14.7 Å². The van der Waals surface area contributed by atoms with Crippen LogP contribution in [0.3, 0.4) is 0 Å². The van der Waals surface area contributed by atoms with Crippen molar-refractivity contribution in [2.75, 3.05) is 13.1 Å². The van der Waals surface area contributed by atoms with Crippen molar-refractivity contribution in [3.8, 4) is 0 Å². The van der Waals surface area contributed by atoms with E-state index in [2.05, 4.69) is 0 Å². The molecule has 1 saturated heterocycles. The Morgan fingerprint density at radius 1 is 1.37 bits per heavy atom. The van der Waals surface area contributed by atoms with Gasteiger partial charge in [0.2, 0.25) is 0 Å². The highest BCUT2D eigenvalue weighted by Crippen LogP contribution is 2.23. The Kier molecular flexibility index (Phi) is 4.20. The minimum absolute atomic E-state index is 0.0657. The number of aliphatic carboxylic acids is 1. The maximum atomic E-state index is 12.4. The first kappa shape index (κ1) is 13.6. The van der Waals surface area contributed by atoms with E-state index in [1.54, 1.807) is 0 Å². The summed E-state index contributed by atoms with van der Waals surface area (Å²) in [6.07, 6.45) is 1.76. The van der Waals surface area contributed by atoms with Crippen molar-refractivity contribution in [1.82, 2.24) is 4.90 Å². The number of amides is 1. The van der Waals surface area contributed by atoms with E-state index in [4.69, 9.17) is 5.11 Å². The molecule has 1 unspecified atom stereocenters. The van der Waals surface area contributed by atoms with Crippen molar-refractivity contribution in [3.63, 3.8) is 0 Å². The number of rotatable bonds is 4. The second-order valence-corrected chi connectivity index (χ2v) is 5.15. The summed E-state index contributed by atoms with van der Waals surface area (Å²) in [5, 5.41) is 8.68. The summed E-state index contributed by atoms with van der Waals surface area (Å²) >= 11 is 0. The van der Waals surface area contributed by atoms with Crippen molar-refractivity contribution in [3.05, 3.63) is 35.4 Å². The average molecular weight is 261 g/mol. The summed E-state index contributed by atoms with van der Waals surface area (Å²) < 4.78 is 0. The SMILES string of the molecule is Cc1ccccc1C(=O)N1CCC(CCC(=O)O)C1. The second kappa shape index (κ2) is 5.87. The van der Waals surface area contributed by atoms with E-state index in [1.165, 1.54) is 0 Å². The number of aryl methyl sites for hydroxylation is 1. The molecule has 0 aliphatic carbocycles. The lowest BCUT2D eigenvalue weighted by molar-refractivity contribution is -0.137. The summed E-state index contributed by atoms with van der Waals surface area (Å²) in [6.45, 7) is 3.35. The van der Waals surface area contributed by atoms with Crippen LogP contribution in [0.4, 0.5) is 0 Å². The standard InChI is InChI=1S/C15H19NO3/c1-11-4-2-3-5-13(11)15(19)16-9-8-12(10-16)6-7-14(17)18/h2-5,12H,6-10H2,1H3,(H,17,18). The van der Waals surface area contributed by atoms with Gasteiger partial charge >= 0.3 is 5.97 Å². The molecule has 1 atom stereocenters. The van der Waals surface area contributed by atoms with E-state index in [-0.39, 0.29) is 12.3 Å². The number of carboxylic acid groups (broad SMARTS) is 1. The predicted molar refractivity (Wildman–Crippen MR) is 72.1 cm³/mol. The van der Waals surface area contributed by atoms with Gasteiger partial charge in [0.25, 0.3) is 5.91 Å². The van der Waals surface area contributed by atoms with E-state index in [0.29, 0.717) is 18.9 Å². The summed E-state index contributed by atoms with van der Waals surface area (Å²) in [5.41, 5.74) is 1.74. The number of carboxylic acids is 1. The first-order chi connectivity index (χ1) is 9.08. The van der Waals surface area contributed by atoms with Gasteiger partial charge in [-0.3, -0.25) is 9.59 Å². The zero-order valence-electron chi connectivity index (χ0n) is 11.1. The fourth-order valence-electron chi connectivity index (χ4n) is 2.56. The van der Waals surface area contributed by atoms with E-state index >= 15 is 0 Å². The van der Waals surface area contributed by atoms with Gasteiger partial charge in [-0.1, -0.05) is 18.2 Å². The first-order valence-electron chi connectivity index (χ1n) is 6.64. The molecule has 1 aromatic carbocycles. The summed E-state index contributed by atoms with van der Waals surface area (Å²) in [5.74, 6) is -0.372. The third kappa shape index (κ3) is 3.34. The summed E-state index contributed by atoms with van der Waals surface area (Å²) in [4.78, 5) is 24.8. The summed E-state index contributed by atoms with van der Waals surface area (Å²) in [6, 6.07) is 7.58. The van der Waals surface area contributed by atoms with Crippen LogP contribution in [-0.4, -0.2) is 35.0 Å². The van der Waals surface area contributed by atoms with Gasteiger partial charge in [-0.15, -0.1) is 0 Å². The number of hydrogen-bond acceptors (Lipinski definition) is 2. The van der Waals surface area contributed by atoms with Crippen LogP contribution in [0.15, 0.2) is 24.3 Å². The van der Waals surface area contributed by atoms with Crippen LogP contribution in [0.5, 0.6) is 0 Å². The molecule has 1 aromatic rings. The maximum Gasteiger partial charge on any atom is 0.303 e. The third-order valence-electron chi connectivity index (χ3n) is 3.71. The van der Waals surface area contributed by atoms with Gasteiger partial charge in [0, 0.05) is 25.1 Å².